The van der Waals surface area contributed by atoms with Crippen LogP contribution in [-0.2, 0) is 0 Å². The van der Waals surface area contributed by atoms with Crippen molar-refractivity contribution in [1.29, 1.82) is 5.41 Å². The Balaban J connectivity index is 4.47. The number of nitrogens with one attached hydrogen (secondary N) is 1. The van der Waals surface area contributed by atoms with Crippen molar-refractivity contribution in [1.82, 2.24) is 0 Å². The number of hydrogen-bond acceptors (Lipinski definition) is 1. The van der Waals surface area contributed by atoms with E-state index in [-0.39, 0.29) is 0 Å². The molecule has 0 aliphatic carbocycles. The zero-order valence-corrected chi connectivity index (χ0v) is 6.55. The molecule has 0 aliphatic rings. The Hall–Kier alpha value is -0.270. The van der Waals surface area contributed by atoms with Gasteiger partial charge >= 0.3 is 0 Å². The van der Waals surface area contributed by atoms with Gasteiger partial charge in [-0.15, -0.1) is 0 Å². The minimum absolute atomic E-state index is 0.329. The van der Waals surface area contributed by atoms with Crippen molar-refractivity contribution in [3.63, 3.8) is 0 Å². The van der Waals surface area contributed by atoms with Crippen molar-refractivity contribution in [3.8, 4) is 0 Å². The van der Waals surface area contributed by atoms with Gasteiger partial charge in [0.15, 0.2) is 0 Å². The summed E-state index contributed by atoms with van der Waals surface area (Å²) in [6.07, 6.45) is 1.03. The van der Waals surface area contributed by atoms with E-state index in [0.717, 1.165) is 6.21 Å². The smallest absolute Gasteiger partial charge is 0.0625 e. The maximum Gasteiger partial charge on any atom is 0.0625 e. The molecule has 1 N–H and O–H groups in total. The van der Waals surface area contributed by atoms with Crippen molar-refractivity contribution in [2.45, 2.75) is 6.92 Å². The Bertz CT molecular complexity index is 170. The first-order valence-electron chi connectivity index (χ1n) is 2.31. The molecule has 9 heavy (non-hydrogen) atoms. The molecule has 0 aromatic carbocycles. The van der Waals surface area contributed by atoms with E-state index in [1.807, 2.05) is 0 Å². The Morgan fingerprint density at radius 1 is 1.56 bits per heavy atom. The topological polar surface area (TPSA) is 23.9 Å². The summed E-state index contributed by atoms with van der Waals surface area (Å²) < 4.78 is 0. The molecule has 0 spiro atoms. The van der Waals surface area contributed by atoms with Gasteiger partial charge in [-0.1, -0.05) is 29.8 Å². The monoisotopic (exact) mass is 163 g/mol. The highest BCUT2D eigenvalue weighted by Crippen LogP contribution is 2.16. The summed E-state index contributed by atoms with van der Waals surface area (Å²) in [6, 6.07) is 0. The van der Waals surface area contributed by atoms with Crippen LogP contribution in [-0.4, -0.2) is 6.21 Å². The van der Waals surface area contributed by atoms with E-state index in [0.29, 0.717) is 15.6 Å². The molecular formula is C6H7Cl2N. The first kappa shape index (κ1) is 8.73. The predicted molar refractivity (Wildman–Crippen MR) is 42.3 cm³/mol. The molecule has 0 aromatic rings. The largest absolute Gasteiger partial charge is 0.307 e. The van der Waals surface area contributed by atoms with E-state index in [1.165, 1.54) is 0 Å². The van der Waals surface area contributed by atoms with Gasteiger partial charge in [0.25, 0.3) is 0 Å². The maximum absolute atomic E-state index is 6.72. The van der Waals surface area contributed by atoms with Gasteiger partial charge in [-0.2, -0.15) is 0 Å². The van der Waals surface area contributed by atoms with Crippen LogP contribution < -0.4 is 0 Å². The molecule has 0 radical (unpaired) electrons. The summed E-state index contributed by atoms with van der Waals surface area (Å²) in [7, 11) is 0. The normalized spacial score (nSPS) is 12.3. The lowest BCUT2D eigenvalue weighted by atomic mass is 10.3. The van der Waals surface area contributed by atoms with Gasteiger partial charge in [-0.3, -0.25) is 0 Å². The summed E-state index contributed by atoms with van der Waals surface area (Å²) in [5, 5.41) is 7.42. The van der Waals surface area contributed by atoms with E-state index >= 15 is 0 Å². The summed E-state index contributed by atoms with van der Waals surface area (Å²) in [5.74, 6) is 0. The molecule has 50 valence electrons. The highest BCUT2D eigenvalue weighted by atomic mass is 35.5. The molecule has 0 amide bonds. The molecule has 0 aromatic heterocycles. The lowest BCUT2D eigenvalue weighted by Gasteiger charge is -1.95. The average molecular weight is 164 g/mol. The van der Waals surface area contributed by atoms with Crippen molar-refractivity contribution in [2.75, 3.05) is 0 Å². The lowest BCUT2D eigenvalue weighted by Crippen LogP contribution is -1.80. The second-order valence-corrected chi connectivity index (χ2v) is 2.39. The first-order valence-corrected chi connectivity index (χ1v) is 3.06. The standard InChI is InChI=1S/C6H7Cl2N/c1-4(5(2)7)6(8)3-9/h3,9H,2H2,1H3/b6-4+,9-3?. The fourth-order valence-electron chi connectivity index (χ4n) is 0.238. The van der Waals surface area contributed by atoms with Gasteiger partial charge in [0.05, 0.1) is 5.03 Å². The predicted octanol–water partition coefficient (Wildman–Crippen LogP) is 2.90. The van der Waals surface area contributed by atoms with E-state index in [1.54, 1.807) is 6.92 Å². The van der Waals surface area contributed by atoms with E-state index in [9.17, 15) is 0 Å². The fraction of sp³-hybridized carbons (Fsp3) is 0.167. The zero-order chi connectivity index (χ0) is 7.44. The Morgan fingerprint density at radius 3 is 2.11 bits per heavy atom. The van der Waals surface area contributed by atoms with Crippen LogP contribution in [0.5, 0.6) is 0 Å². The second kappa shape index (κ2) is 3.70. The molecule has 0 fully saturated rings. The number of allylic oxidation sites excluding steroid dienone is 3. The Kier molecular flexibility index (Phi) is 3.59. The summed E-state index contributed by atoms with van der Waals surface area (Å²) in [5.41, 5.74) is 0.647. The third kappa shape index (κ3) is 2.68. The maximum atomic E-state index is 6.72. The molecule has 0 aliphatic heterocycles. The molecule has 0 heterocycles. The second-order valence-electron chi connectivity index (χ2n) is 1.52. The van der Waals surface area contributed by atoms with E-state index in [2.05, 4.69) is 6.58 Å². The van der Waals surface area contributed by atoms with Crippen LogP contribution in [0.2, 0.25) is 0 Å². The molecule has 0 saturated heterocycles. The van der Waals surface area contributed by atoms with Crippen LogP contribution in [0.4, 0.5) is 0 Å². The van der Waals surface area contributed by atoms with Gasteiger partial charge in [0.2, 0.25) is 0 Å². The highest BCUT2D eigenvalue weighted by molar-refractivity contribution is 6.41. The van der Waals surface area contributed by atoms with E-state index in [4.69, 9.17) is 28.6 Å². The fourth-order valence-corrected chi connectivity index (χ4v) is 0.502. The summed E-state index contributed by atoms with van der Waals surface area (Å²) in [6.45, 7) is 5.15. The third-order valence-electron chi connectivity index (χ3n) is 0.892. The number of hydrogen-bond donors (Lipinski definition) is 1. The lowest BCUT2D eigenvalue weighted by molar-refractivity contribution is 1.48. The number of halogens is 2. The minimum Gasteiger partial charge on any atom is -0.307 e. The van der Waals surface area contributed by atoms with Crippen LogP contribution in [0.1, 0.15) is 6.92 Å². The van der Waals surface area contributed by atoms with Crippen LogP contribution in [0.15, 0.2) is 22.2 Å². The SMILES string of the molecule is C=C(Cl)/C(C)=C(/Cl)C=N. The third-order valence-corrected chi connectivity index (χ3v) is 1.57. The molecule has 0 atom stereocenters. The van der Waals surface area contributed by atoms with Gasteiger partial charge in [0, 0.05) is 11.2 Å². The summed E-state index contributed by atoms with van der Waals surface area (Å²) in [4.78, 5) is 0. The minimum atomic E-state index is 0.329. The van der Waals surface area contributed by atoms with Gasteiger partial charge in [0.1, 0.15) is 0 Å². The average Bonchev–Trinajstić information content (AvgIpc) is 1.84. The molecule has 0 saturated carbocycles. The van der Waals surface area contributed by atoms with Crippen molar-refractivity contribution in [3.05, 3.63) is 22.2 Å². The van der Waals surface area contributed by atoms with E-state index < -0.39 is 0 Å². The number of rotatable bonds is 2. The van der Waals surface area contributed by atoms with Crippen LogP contribution in [0, 0.1) is 5.41 Å². The van der Waals surface area contributed by atoms with Crippen LogP contribution >= 0.6 is 23.2 Å². The van der Waals surface area contributed by atoms with Crippen molar-refractivity contribution in [2.24, 2.45) is 0 Å². The van der Waals surface area contributed by atoms with Crippen molar-refractivity contribution < 1.29 is 0 Å². The van der Waals surface area contributed by atoms with Gasteiger partial charge in [-0.25, -0.2) is 0 Å². The quantitative estimate of drug-likeness (QED) is 0.479. The van der Waals surface area contributed by atoms with Crippen molar-refractivity contribution >= 4 is 29.4 Å². The van der Waals surface area contributed by atoms with Gasteiger partial charge < -0.3 is 5.41 Å². The summed E-state index contributed by atoms with van der Waals surface area (Å²) >= 11 is 11.0. The van der Waals surface area contributed by atoms with Crippen LogP contribution in [0.3, 0.4) is 0 Å². The Morgan fingerprint density at radius 2 is 2.00 bits per heavy atom. The highest BCUT2D eigenvalue weighted by Gasteiger charge is 1.96. The molecule has 0 unspecified atom stereocenters. The van der Waals surface area contributed by atoms with Gasteiger partial charge in [-0.05, 0) is 12.5 Å². The molecular weight excluding hydrogens is 157 g/mol. The first-order chi connectivity index (χ1) is 4.09. The molecule has 1 nitrogen and oxygen atoms in total. The Labute approximate surface area is 64.5 Å². The molecule has 0 rings (SSSR count). The van der Waals surface area contributed by atoms with Crippen LogP contribution in [0.25, 0.3) is 0 Å². The molecule has 0 bridgehead atoms. The molecule has 3 heteroatoms. The zero-order valence-electron chi connectivity index (χ0n) is 5.04.